The van der Waals surface area contributed by atoms with Crippen LogP contribution in [0, 0.1) is 32.1 Å². The van der Waals surface area contributed by atoms with E-state index in [0.717, 1.165) is 33.1 Å². The first-order chi connectivity index (χ1) is 14.5. The molecule has 0 unspecified atom stereocenters. The summed E-state index contributed by atoms with van der Waals surface area (Å²) in [5, 5.41) is 12.2. The summed E-state index contributed by atoms with van der Waals surface area (Å²) in [6, 6.07) is 15.3. The zero-order chi connectivity index (χ0) is 21.3. The Labute approximate surface area is 180 Å². The number of aromatic nitrogens is 1. The van der Waals surface area contributed by atoms with E-state index in [9.17, 15) is 4.79 Å². The van der Waals surface area contributed by atoms with E-state index in [1.807, 2.05) is 55.3 Å². The van der Waals surface area contributed by atoms with Gasteiger partial charge in [-0.05, 0) is 50.1 Å². The summed E-state index contributed by atoms with van der Waals surface area (Å²) in [6.07, 6.45) is 0.135. The van der Waals surface area contributed by atoms with Crippen LogP contribution in [0.25, 0.3) is 0 Å². The Kier molecular flexibility index (Phi) is 5.56. The monoisotopic (exact) mass is 417 g/mol. The standard InChI is InChI=1S/C24H23N3O2S/c1-15-4-9-21(16(2)12-15)29-23-22(19-7-5-18(13-25)6-8-19)27(24(23)28)11-10-20-14-30-17(3)26-20/h4-9,12,14,22-23H,10-11H2,1-3H3/t22-,23+/m0/s1. The third-order valence-electron chi connectivity index (χ3n) is 5.39. The van der Waals surface area contributed by atoms with Gasteiger partial charge < -0.3 is 9.64 Å². The summed E-state index contributed by atoms with van der Waals surface area (Å²) < 4.78 is 6.19. The lowest BCUT2D eigenvalue weighted by Crippen LogP contribution is -2.61. The van der Waals surface area contributed by atoms with E-state index in [1.165, 1.54) is 0 Å². The molecular weight excluding hydrogens is 394 g/mol. The number of amides is 1. The minimum atomic E-state index is -0.573. The van der Waals surface area contributed by atoms with Crippen LogP contribution in [0.3, 0.4) is 0 Å². The van der Waals surface area contributed by atoms with Gasteiger partial charge in [0.25, 0.3) is 5.91 Å². The van der Waals surface area contributed by atoms with E-state index in [-0.39, 0.29) is 11.9 Å². The first-order valence-corrected chi connectivity index (χ1v) is 10.8. The molecule has 0 bridgehead atoms. The number of ether oxygens (including phenoxy) is 1. The summed E-state index contributed by atoms with van der Waals surface area (Å²) >= 11 is 1.62. The smallest absolute Gasteiger partial charge is 0.266 e. The Hall–Kier alpha value is -3.17. The molecule has 0 aliphatic carbocycles. The van der Waals surface area contributed by atoms with Crippen molar-refractivity contribution in [2.45, 2.75) is 39.3 Å². The fraction of sp³-hybridized carbons (Fsp3) is 0.292. The number of β-lactam (4-membered cyclic amide) rings is 1. The van der Waals surface area contributed by atoms with Crippen molar-refractivity contribution in [1.29, 1.82) is 5.26 Å². The van der Waals surface area contributed by atoms with Crippen LogP contribution in [0.5, 0.6) is 5.75 Å². The first-order valence-electron chi connectivity index (χ1n) is 9.91. The highest BCUT2D eigenvalue weighted by Crippen LogP contribution is 2.38. The molecule has 5 nitrogen and oxygen atoms in total. The van der Waals surface area contributed by atoms with E-state index in [4.69, 9.17) is 10.00 Å². The maximum absolute atomic E-state index is 13.0. The molecule has 0 N–H and O–H groups in total. The largest absolute Gasteiger partial charge is 0.478 e. The molecule has 2 atom stereocenters. The zero-order valence-electron chi connectivity index (χ0n) is 17.3. The molecule has 0 saturated carbocycles. The van der Waals surface area contributed by atoms with Crippen LogP contribution in [0.2, 0.25) is 0 Å². The van der Waals surface area contributed by atoms with Crippen LogP contribution in [0.1, 0.15) is 39.0 Å². The SMILES string of the molecule is Cc1ccc(O[C@H]2C(=O)N(CCc3csc(C)n3)[C@H]2c2ccc(C#N)cc2)c(C)c1. The van der Waals surface area contributed by atoms with Crippen LogP contribution < -0.4 is 4.74 Å². The van der Waals surface area contributed by atoms with Gasteiger partial charge >= 0.3 is 0 Å². The van der Waals surface area contributed by atoms with Crippen molar-refractivity contribution >= 4 is 17.2 Å². The number of benzene rings is 2. The van der Waals surface area contributed by atoms with Gasteiger partial charge in [0.2, 0.25) is 6.10 Å². The number of carbonyl (C=O) groups is 1. The molecule has 0 spiro atoms. The fourth-order valence-electron chi connectivity index (χ4n) is 3.82. The quantitative estimate of drug-likeness (QED) is 0.554. The Bertz CT molecular complexity index is 1110. The first kappa shape index (κ1) is 20.1. The van der Waals surface area contributed by atoms with Crippen LogP contribution in [-0.4, -0.2) is 28.4 Å². The van der Waals surface area contributed by atoms with Crippen molar-refractivity contribution in [3.63, 3.8) is 0 Å². The van der Waals surface area contributed by atoms with E-state index >= 15 is 0 Å². The third kappa shape index (κ3) is 3.94. The number of carbonyl (C=O) groups excluding carboxylic acids is 1. The van der Waals surface area contributed by atoms with Gasteiger partial charge in [-0.1, -0.05) is 29.8 Å². The number of thiazole rings is 1. The average molecular weight is 418 g/mol. The van der Waals surface area contributed by atoms with Gasteiger partial charge in [0.1, 0.15) is 11.8 Å². The Morgan fingerprint density at radius 1 is 1.17 bits per heavy atom. The molecule has 1 aromatic heterocycles. The number of likely N-dealkylation sites (tertiary alicyclic amines) is 1. The number of aryl methyl sites for hydroxylation is 3. The summed E-state index contributed by atoms with van der Waals surface area (Å²) in [5.41, 5.74) is 4.74. The van der Waals surface area contributed by atoms with Crippen LogP contribution in [0.4, 0.5) is 0 Å². The molecule has 3 aromatic rings. The van der Waals surface area contributed by atoms with Gasteiger partial charge in [0.05, 0.1) is 22.3 Å². The lowest BCUT2D eigenvalue weighted by Gasteiger charge is -2.47. The minimum absolute atomic E-state index is 0.0173. The van der Waals surface area contributed by atoms with Crippen molar-refractivity contribution in [1.82, 2.24) is 9.88 Å². The molecular formula is C24H23N3O2S. The molecule has 1 aliphatic heterocycles. The highest BCUT2D eigenvalue weighted by molar-refractivity contribution is 7.09. The minimum Gasteiger partial charge on any atom is -0.478 e. The summed E-state index contributed by atoms with van der Waals surface area (Å²) in [7, 11) is 0. The van der Waals surface area contributed by atoms with Crippen LogP contribution in [-0.2, 0) is 11.2 Å². The van der Waals surface area contributed by atoms with Crippen LogP contribution in [0.15, 0.2) is 47.8 Å². The summed E-state index contributed by atoms with van der Waals surface area (Å²) in [4.78, 5) is 19.4. The predicted molar refractivity (Wildman–Crippen MR) is 116 cm³/mol. The second-order valence-corrected chi connectivity index (χ2v) is 8.69. The molecule has 6 heteroatoms. The Balaban J connectivity index is 1.58. The van der Waals surface area contributed by atoms with Gasteiger partial charge in [-0.3, -0.25) is 4.79 Å². The summed E-state index contributed by atoms with van der Waals surface area (Å²) in [6.45, 7) is 6.59. The maximum atomic E-state index is 13.0. The number of nitriles is 1. The number of hydrogen-bond donors (Lipinski definition) is 0. The van der Waals surface area contributed by atoms with Crippen LogP contribution >= 0.6 is 11.3 Å². The van der Waals surface area contributed by atoms with E-state index in [1.54, 1.807) is 23.5 Å². The van der Waals surface area contributed by atoms with Crippen molar-refractivity contribution in [2.75, 3.05) is 6.54 Å². The zero-order valence-corrected chi connectivity index (χ0v) is 18.1. The average Bonchev–Trinajstić information content (AvgIpc) is 3.16. The van der Waals surface area contributed by atoms with Gasteiger partial charge in [-0.15, -0.1) is 11.3 Å². The summed E-state index contributed by atoms with van der Waals surface area (Å²) in [5.74, 6) is 0.712. The van der Waals surface area contributed by atoms with Crippen molar-refractivity contribution < 1.29 is 9.53 Å². The fourth-order valence-corrected chi connectivity index (χ4v) is 4.46. The normalized spacial score (nSPS) is 18.1. The number of nitrogens with zero attached hydrogens (tertiary/aromatic N) is 3. The molecule has 1 amide bonds. The molecule has 1 saturated heterocycles. The maximum Gasteiger partial charge on any atom is 0.266 e. The van der Waals surface area contributed by atoms with Crippen molar-refractivity contribution in [2.24, 2.45) is 0 Å². The molecule has 30 heavy (non-hydrogen) atoms. The molecule has 4 rings (SSSR count). The third-order valence-corrected chi connectivity index (χ3v) is 6.21. The molecule has 2 aromatic carbocycles. The van der Waals surface area contributed by atoms with Gasteiger partial charge in [-0.2, -0.15) is 5.26 Å². The Morgan fingerprint density at radius 2 is 1.93 bits per heavy atom. The number of hydrogen-bond acceptors (Lipinski definition) is 5. The molecule has 0 radical (unpaired) electrons. The van der Waals surface area contributed by atoms with E-state index in [2.05, 4.69) is 17.1 Å². The number of rotatable bonds is 6. The molecule has 2 heterocycles. The van der Waals surface area contributed by atoms with E-state index < -0.39 is 6.10 Å². The second-order valence-electron chi connectivity index (χ2n) is 7.63. The highest BCUT2D eigenvalue weighted by Gasteiger charge is 2.50. The van der Waals surface area contributed by atoms with Gasteiger partial charge in [-0.25, -0.2) is 4.98 Å². The van der Waals surface area contributed by atoms with Gasteiger partial charge in [0, 0.05) is 18.3 Å². The Morgan fingerprint density at radius 3 is 2.57 bits per heavy atom. The topological polar surface area (TPSA) is 66.2 Å². The lowest BCUT2D eigenvalue weighted by atomic mass is 9.89. The van der Waals surface area contributed by atoms with Gasteiger partial charge in [0.15, 0.2) is 0 Å². The molecule has 152 valence electrons. The second kappa shape index (κ2) is 8.29. The highest BCUT2D eigenvalue weighted by atomic mass is 32.1. The molecule has 1 fully saturated rings. The van der Waals surface area contributed by atoms with Crippen molar-refractivity contribution in [3.8, 4) is 11.8 Å². The van der Waals surface area contributed by atoms with E-state index in [0.29, 0.717) is 18.5 Å². The molecule has 1 aliphatic rings. The lowest BCUT2D eigenvalue weighted by molar-refractivity contribution is -0.164. The van der Waals surface area contributed by atoms with Crippen molar-refractivity contribution in [3.05, 3.63) is 80.8 Å². The predicted octanol–water partition coefficient (Wildman–Crippen LogP) is 4.51.